The van der Waals surface area contributed by atoms with Crippen molar-refractivity contribution in [2.24, 2.45) is 0 Å². The molecule has 22 aromatic rings. The maximum Gasteiger partial charge on any atom is -0.00131 e. The van der Waals surface area contributed by atoms with Gasteiger partial charge in [0, 0.05) is 0 Å². The molecule has 0 heterocycles. The van der Waals surface area contributed by atoms with Crippen molar-refractivity contribution in [3.63, 3.8) is 0 Å². The van der Waals surface area contributed by atoms with Crippen LogP contribution in [-0.2, 0) is 32.1 Å². The van der Waals surface area contributed by atoms with Crippen molar-refractivity contribution < 1.29 is 0 Å². The number of aryl methyl sites for hydroxylation is 8. The average molecular weight is 1590 g/mol. The van der Waals surface area contributed by atoms with Crippen LogP contribution in [0.15, 0.2) is 352 Å². The van der Waals surface area contributed by atoms with Crippen molar-refractivity contribution in [1.29, 1.82) is 0 Å². The van der Waals surface area contributed by atoms with Gasteiger partial charge >= 0.3 is 0 Å². The summed E-state index contributed by atoms with van der Waals surface area (Å²) in [6.07, 6.45) is 5.22. The first kappa shape index (κ1) is 74.3. The Morgan fingerprint density at radius 1 is 0.136 bits per heavy atom. The zero-order chi connectivity index (χ0) is 83.7. The largest absolute Gasteiger partial charge is 0.0616 e. The Morgan fingerprint density at radius 2 is 0.344 bits per heavy atom. The zero-order valence-electron chi connectivity index (χ0n) is 72.0. The van der Waals surface area contributed by atoms with E-state index in [1.165, 1.54) is 297 Å². The molecule has 0 aliphatic heterocycles. The molecule has 0 fully saturated rings. The molecule has 0 N–H and O–H groups in total. The lowest BCUT2D eigenvalue weighted by Gasteiger charge is -2.18. The fourth-order valence-corrected chi connectivity index (χ4v) is 22.2. The third-order valence-electron chi connectivity index (χ3n) is 28.4. The molecule has 0 radical (unpaired) electrons. The molecule has 0 amide bonds. The fraction of sp³-hybridized carbons (Fsp3) is 0.104. The Kier molecular flexibility index (Phi) is 17.3. The van der Waals surface area contributed by atoms with Crippen LogP contribution in [0.4, 0.5) is 0 Å². The van der Waals surface area contributed by atoms with E-state index in [0.29, 0.717) is 0 Å². The topological polar surface area (TPSA) is 0 Å². The number of fused-ring (bicyclic) bond motifs is 25. The number of benzene rings is 22. The summed E-state index contributed by atoms with van der Waals surface area (Å²) in [7, 11) is 0. The van der Waals surface area contributed by atoms with Crippen molar-refractivity contribution in [1.82, 2.24) is 0 Å². The molecule has 0 atom stereocenters. The first-order valence-electron chi connectivity index (χ1n) is 44.7. The van der Waals surface area contributed by atoms with Crippen LogP contribution >= 0.6 is 0 Å². The van der Waals surface area contributed by atoms with Gasteiger partial charge in [0.15, 0.2) is 0 Å². The second kappa shape index (κ2) is 29.1. The summed E-state index contributed by atoms with van der Waals surface area (Å²) < 4.78 is 0. The van der Waals surface area contributed by atoms with Crippen LogP contribution in [0.2, 0.25) is 0 Å². The van der Waals surface area contributed by atoms with E-state index in [-0.39, 0.29) is 0 Å². The minimum atomic E-state index is 1.000. The lowest BCUT2D eigenvalue weighted by atomic mass is 9.85. The number of rotatable bonds is 3. The standard InChI is InChI=1S/C41H28.C37H26.C25H20.C22H18/c1-24-11-13-35-33(15-24)19-34-18-30(12-14-36(34)35)41-39-21-29-10-6-5-9-28(29)20-37(39)25(2)38-22-31-16-26-7-3-4-8-27(26)17-32(31)23-40(38)41;1-22-11-13-31-29(15-22)17-30-16-28(12-14-32(30)31)37-35-20-26-9-5-3-7-24(26)18-33(35)23(2)34-19-25-8-4-6-10-27(25)21-36(34)37;1-16-3-5-19-13-20(7-6-18(19)11-16)21-8-10-25-23(14-21)15-22-12-17(2)4-9-24(22)25;1-13-3-5-19-15(7-13)9-17-11-22-18(12-21(17)19)10-16-8-14(2)4-6-20(16)22/h3-18,20-23H,19H2,1-2H3;3-16,18-21H,17H2,1-2H3;3-14H,15H2,1-2H3;3-8,11-12H,9-10H2,1-2H3. The molecule has 5 aliphatic rings. The van der Waals surface area contributed by atoms with Gasteiger partial charge in [0.2, 0.25) is 0 Å². The van der Waals surface area contributed by atoms with Gasteiger partial charge in [-0.25, -0.2) is 0 Å². The first-order valence-corrected chi connectivity index (χ1v) is 44.7. The third-order valence-corrected chi connectivity index (χ3v) is 28.4. The Labute approximate surface area is 731 Å². The lowest BCUT2D eigenvalue weighted by Crippen LogP contribution is -1.92. The Morgan fingerprint density at radius 3 is 0.688 bits per heavy atom. The van der Waals surface area contributed by atoms with Gasteiger partial charge in [-0.3, -0.25) is 0 Å². The fourth-order valence-electron chi connectivity index (χ4n) is 22.2. The highest BCUT2D eigenvalue weighted by Crippen LogP contribution is 2.51. The smallest absolute Gasteiger partial charge is 0.00131 e. The Bertz CT molecular complexity index is 8290. The maximum absolute atomic E-state index is 2.47. The molecule has 0 bridgehead atoms. The summed E-state index contributed by atoms with van der Waals surface area (Å²) in [6, 6.07) is 133. The monoisotopic (exact) mass is 1590 g/mol. The van der Waals surface area contributed by atoms with Crippen LogP contribution in [-0.4, -0.2) is 0 Å². The van der Waals surface area contributed by atoms with Gasteiger partial charge in [0.05, 0.1) is 0 Å². The summed E-state index contributed by atoms with van der Waals surface area (Å²) in [6.45, 7) is 17.7. The number of hydrogen-bond donors (Lipinski definition) is 0. The van der Waals surface area contributed by atoms with E-state index in [1.54, 1.807) is 0 Å². The van der Waals surface area contributed by atoms with E-state index in [0.717, 1.165) is 32.1 Å². The summed E-state index contributed by atoms with van der Waals surface area (Å²) in [5, 5.41) is 26.2. The van der Waals surface area contributed by atoms with Crippen molar-refractivity contribution in [2.75, 3.05) is 0 Å². The minimum absolute atomic E-state index is 1.000. The van der Waals surface area contributed by atoms with Crippen molar-refractivity contribution >= 4 is 108 Å². The molecule has 0 aromatic heterocycles. The summed E-state index contributed by atoms with van der Waals surface area (Å²) in [4.78, 5) is 0. The van der Waals surface area contributed by atoms with Crippen molar-refractivity contribution in [2.45, 2.75) is 87.5 Å². The van der Waals surface area contributed by atoms with E-state index in [4.69, 9.17) is 0 Å². The van der Waals surface area contributed by atoms with E-state index in [2.05, 4.69) is 407 Å². The molecule has 0 saturated heterocycles. The summed E-state index contributed by atoms with van der Waals surface area (Å²) in [5.74, 6) is 0. The van der Waals surface area contributed by atoms with Crippen LogP contribution in [0.1, 0.15) is 100 Å². The predicted molar refractivity (Wildman–Crippen MR) is 536 cm³/mol. The Balaban J connectivity index is 0.0000000962. The molecule has 5 aliphatic carbocycles. The minimum Gasteiger partial charge on any atom is -0.0616 e. The van der Waals surface area contributed by atoms with Crippen LogP contribution in [0.3, 0.4) is 0 Å². The Hall–Kier alpha value is -14.6. The highest BCUT2D eigenvalue weighted by Gasteiger charge is 2.29. The molecule has 0 nitrogen and oxygen atoms in total. The van der Waals surface area contributed by atoms with Gasteiger partial charge in [0.25, 0.3) is 0 Å². The molecule has 0 spiro atoms. The van der Waals surface area contributed by atoms with Crippen LogP contribution in [0.25, 0.3) is 197 Å². The lowest BCUT2D eigenvalue weighted by molar-refractivity contribution is 1.23. The molecule has 125 heavy (non-hydrogen) atoms. The zero-order valence-corrected chi connectivity index (χ0v) is 72.0. The van der Waals surface area contributed by atoms with Crippen LogP contribution in [0.5, 0.6) is 0 Å². The van der Waals surface area contributed by atoms with Gasteiger partial charge in [-0.1, -0.05) is 306 Å². The van der Waals surface area contributed by atoms with Gasteiger partial charge in [0.1, 0.15) is 0 Å². The second-order valence-electron chi connectivity index (χ2n) is 36.7. The highest BCUT2D eigenvalue weighted by atomic mass is 14.3. The predicted octanol–water partition coefficient (Wildman–Crippen LogP) is 33.6. The highest BCUT2D eigenvalue weighted by molar-refractivity contribution is 6.23. The second-order valence-corrected chi connectivity index (χ2v) is 36.7. The molecule has 0 saturated carbocycles. The molecular formula is C125H92. The van der Waals surface area contributed by atoms with Crippen LogP contribution in [0, 0.1) is 55.4 Å². The van der Waals surface area contributed by atoms with Crippen molar-refractivity contribution in [3.05, 3.63) is 452 Å². The molecule has 0 unspecified atom stereocenters. The molecule has 22 aromatic carbocycles. The summed E-state index contributed by atoms with van der Waals surface area (Å²) >= 11 is 0. The van der Waals surface area contributed by atoms with Gasteiger partial charge in [-0.15, -0.1) is 0 Å². The molecule has 27 rings (SSSR count). The average Bonchev–Trinajstić information content (AvgIpc) is 1.34. The van der Waals surface area contributed by atoms with E-state index >= 15 is 0 Å². The maximum atomic E-state index is 2.47. The quantitative estimate of drug-likeness (QED) is 0.155. The SMILES string of the molecule is Cc1ccc2c(c1)Cc1cc(-c3c4cc5ccccc5cc4c(C)c4cc5cc6ccccc6cc5cc34)ccc1-2.Cc1ccc2c(c1)Cc1cc(-c3c4cc5ccccc5cc4c(C)c4cc5ccccc5cc34)ccc1-2.Cc1ccc2c(c1)Cc1cc(-c3ccc4cc(C)ccc4c3)ccc1-2.Cc1ccc2c(c1)Cc1cc3c(cc1-2)Cc1cc(C)ccc1-3. The normalized spacial score (nSPS) is 12.6. The van der Waals surface area contributed by atoms with E-state index in [9.17, 15) is 0 Å². The number of hydrogen-bond acceptors (Lipinski definition) is 0. The van der Waals surface area contributed by atoms with Gasteiger partial charge in [-0.05, 0) is 430 Å². The van der Waals surface area contributed by atoms with E-state index < -0.39 is 0 Å². The third kappa shape index (κ3) is 12.7. The molecule has 0 heteroatoms. The van der Waals surface area contributed by atoms with Gasteiger partial charge < -0.3 is 0 Å². The first-order chi connectivity index (χ1) is 61.1. The van der Waals surface area contributed by atoms with E-state index in [1.807, 2.05) is 0 Å². The van der Waals surface area contributed by atoms with Gasteiger partial charge in [-0.2, -0.15) is 0 Å². The van der Waals surface area contributed by atoms with Crippen LogP contribution < -0.4 is 0 Å². The summed E-state index contributed by atoms with van der Waals surface area (Å²) in [5.41, 5.74) is 47.4. The molecular weight excluding hydrogens is 1500 g/mol. The van der Waals surface area contributed by atoms with Crippen molar-refractivity contribution in [3.8, 4) is 89.0 Å². The molecule has 592 valence electrons.